The van der Waals surface area contributed by atoms with Crippen LogP contribution < -0.4 is 30.4 Å². The van der Waals surface area contributed by atoms with Crippen LogP contribution in [-0.2, 0) is 48.7 Å². The Morgan fingerprint density at radius 2 is 0.847 bits per heavy atom. The molecule has 0 unspecified atom stereocenters. The summed E-state index contributed by atoms with van der Waals surface area (Å²) in [5.41, 5.74) is 22.5. The minimum Gasteiger partial charge on any atom is -0.311 e. The highest BCUT2D eigenvalue weighted by Crippen LogP contribution is 2.58. The van der Waals surface area contributed by atoms with Crippen LogP contribution in [0.2, 0.25) is 0 Å². The van der Waals surface area contributed by atoms with E-state index in [1.165, 1.54) is 81.7 Å². The second-order valence-electron chi connectivity index (χ2n) is 33.3. The number of rotatable bonds is 5. The highest BCUT2D eigenvalue weighted by atomic mass is 32.1. The highest BCUT2D eigenvalue weighted by molar-refractivity contribution is 7.33. The van der Waals surface area contributed by atoms with Crippen molar-refractivity contribution < 1.29 is 6.85 Å². The van der Waals surface area contributed by atoms with Gasteiger partial charge in [-0.25, -0.2) is 0 Å². The molecule has 3 nitrogen and oxygen atoms in total. The maximum absolute atomic E-state index is 9.92. The molecule has 438 valence electrons. The fourth-order valence-corrected chi connectivity index (χ4v) is 17.9. The summed E-state index contributed by atoms with van der Waals surface area (Å²) in [5, 5.41) is 1.26. The molecule has 0 fully saturated rings. The molecule has 4 aliphatic carbocycles. The third kappa shape index (κ3) is 8.66. The fraction of sp³-hybridized carbons (Fsp3) is 0.450. The average Bonchev–Trinajstić information content (AvgIpc) is 1.23. The Balaban J connectivity index is 1.19. The monoisotopic (exact) mass is 1140 g/mol. The molecule has 0 saturated heterocycles. The van der Waals surface area contributed by atoms with Crippen LogP contribution in [0.1, 0.15) is 240 Å². The first-order valence-corrected chi connectivity index (χ1v) is 32.9. The molecule has 0 saturated carbocycles. The van der Waals surface area contributed by atoms with Crippen molar-refractivity contribution in [2.24, 2.45) is 0 Å². The van der Waals surface area contributed by atoms with Gasteiger partial charge in [0.1, 0.15) is 0 Å². The third-order valence-electron chi connectivity index (χ3n) is 22.7. The predicted molar refractivity (Wildman–Crippen MR) is 370 cm³/mol. The lowest BCUT2D eigenvalue weighted by atomic mass is 9.35. The summed E-state index contributed by atoms with van der Waals surface area (Å²) in [4.78, 5) is 7.22. The zero-order valence-electron chi connectivity index (χ0n) is 59.7. The summed E-state index contributed by atoms with van der Waals surface area (Å²) in [6, 6.07) is 36.7. The SMILES string of the molecule is [2H]c1c([2H])c([2H])c(N(c2ccc(C(C)(C)C)cc2)c2cc3c4c(c2)N(c2ccc5c(c2)C(C)(C)CCC5(C)C)c2c(sc5cc6c(cc25)C(C)(C)CCC6(C)C)B4c2cc4c(cc2N3c2ccc3c(c2)C(C)(C)CCC3(C)C)C(C)(C)CCC4(C)C)c([2H])c1[2H]. The van der Waals surface area contributed by atoms with Gasteiger partial charge in [0.15, 0.2) is 0 Å². The lowest BCUT2D eigenvalue weighted by Crippen LogP contribution is -2.61. The molecule has 14 rings (SSSR count). The minimum absolute atomic E-state index is 0.00285. The zero-order chi connectivity index (χ0) is 64.7. The van der Waals surface area contributed by atoms with Crippen molar-refractivity contribution in [1.29, 1.82) is 0 Å². The molecule has 0 amide bonds. The minimum atomic E-state index is -0.411. The van der Waals surface area contributed by atoms with Gasteiger partial charge in [0.25, 0.3) is 6.71 Å². The smallest absolute Gasteiger partial charge is 0.264 e. The Morgan fingerprint density at radius 3 is 1.34 bits per heavy atom. The van der Waals surface area contributed by atoms with E-state index in [9.17, 15) is 5.48 Å². The van der Waals surface area contributed by atoms with Crippen molar-refractivity contribution in [3.05, 3.63) is 177 Å². The van der Waals surface area contributed by atoms with Gasteiger partial charge in [-0.3, -0.25) is 0 Å². The van der Waals surface area contributed by atoms with Crippen LogP contribution >= 0.6 is 11.3 Å². The molecule has 0 atom stereocenters. The molecule has 7 aromatic carbocycles. The summed E-state index contributed by atoms with van der Waals surface area (Å²) in [6.07, 6.45) is 8.76. The van der Waals surface area contributed by atoms with E-state index in [4.69, 9.17) is 1.37 Å². The Hall–Kier alpha value is -6.04. The molecular formula is C80H94BN3S. The Bertz CT molecular complexity index is 4370. The van der Waals surface area contributed by atoms with Crippen LogP contribution in [0.25, 0.3) is 10.1 Å². The van der Waals surface area contributed by atoms with E-state index in [2.05, 4.69) is 238 Å². The molecule has 3 heterocycles. The molecule has 0 radical (unpaired) electrons. The molecule has 2 aliphatic heterocycles. The second kappa shape index (κ2) is 18.3. The van der Waals surface area contributed by atoms with Gasteiger partial charge in [-0.15, -0.1) is 11.3 Å². The van der Waals surface area contributed by atoms with E-state index in [1.54, 1.807) is 0 Å². The molecule has 1 aromatic heterocycles. The van der Waals surface area contributed by atoms with Gasteiger partial charge in [-0.2, -0.15) is 0 Å². The topological polar surface area (TPSA) is 9.72 Å². The van der Waals surface area contributed by atoms with E-state index in [-0.39, 0.29) is 85.3 Å². The first-order chi connectivity index (χ1) is 41.8. The van der Waals surface area contributed by atoms with Crippen molar-refractivity contribution in [1.82, 2.24) is 0 Å². The number of anilines is 9. The molecule has 5 heteroatoms. The molecule has 0 spiro atoms. The second-order valence-corrected chi connectivity index (χ2v) is 34.4. The summed E-state index contributed by atoms with van der Waals surface area (Å²) >= 11 is 1.99. The maximum Gasteiger partial charge on any atom is 0.264 e. The van der Waals surface area contributed by atoms with E-state index >= 15 is 0 Å². The highest BCUT2D eigenvalue weighted by Gasteiger charge is 2.50. The zero-order valence-corrected chi connectivity index (χ0v) is 55.5. The Kier molecular flexibility index (Phi) is 11.0. The lowest BCUT2D eigenvalue weighted by Gasteiger charge is -2.48. The Morgan fingerprint density at radius 1 is 0.424 bits per heavy atom. The third-order valence-corrected chi connectivity index (χ3v) is 23.9. The van der Waals surface area contributed by atoms with Gasteiger partial charge >= 0.3 is 0 Å². The summed E-state index contributed by atoms with van der Waals surface area (Å²) in [5.74, 6) is 0. The molecular weight excluding hydrogens is 1050 g/mol. The van der Waals surface area contributed by atoms with Crippen molar-refractivity contribution in [3.8, 4) is 0 Å². The number of fused-ring (bicyclic) bond motifs is 10. The van der Waals surface area contributed by atoms with Crippen LogP contribution in [0.5, 0.6) is 0 Å². The Labute approximate surface area is 522 Å². The molecule has 6 aliphatic rings. The number of thiophene rings is 1. The van der Waals surface area contributed by atoms with Crippen LogP contribution in [0.3, 0.4) is 0 Å². The number of hydrogen-bond acceptors (Lipinski definition) is 4. The van der Waals surface area contributed by atoms with E-state index in [0.29, 0.717) is 11.4 Å². The first kappa shape index (κ1) is 51.1. The summed E-state index contributed by atoms with van der Waals surface area (Å²) < 4.78 is 50.1. The number of benzene rings is 7. The molecule has 0 N–H and O–H groups in total. The standard InChI is InChI=1S/C80H94BN3S/c1-72(2,3)49-25-27-51(28-26-49)82(50-23-21-20-22-24-50)54-43-66-69-67(44-54)84(53-30-32-57-59(42-53)76(10,11)36-34-74(57,6)7)70-55-45-60-63(80(18,19)40-37-77(60,12)13)48-68(55)85-71(70)81(69)64-46-61-62(79(16,17)39-38-78(61,14)15)47-65(64)83(66)52-29-31-56-58(41-52)75(8,9)35-33-73(56,4)5/h20-32,41-48H,33-40H2,1-19H3/i20D,21D,22D,23D,24D. The number of hydrogen-bond donors (Lipinski definition) is 0. The van der Waals surface area contributed by atoms with Gasteiger partial charge in [0.05, 0.1) is 18.2 Å². The van der Waals surface area contributed by atoms with Crippen LogP contribution in [0.4, 0.5) is 51.2 Å². The van der Waals surface area contributed by atoms with Crippen molar-refractivity contribution in [2.45, 2.75) is 232 Å². The predicted octanol–water partition coefficient (Wildman–Crippen LogP) is 21.1. The van der Waals surface area contributed by atoms with E-state index in [0.717, 1.165) is 79.7 Å². The first-order valence-electron chi connectivity index (χ1n) is 34.6. The number of para-hydroxylation sites is 1. The van der Waals surface area contributed by atoms with Gasteiger partial charge in [0.2, 0.25) is 0 Å². The van der Waals surface area contributed by atoms with Gasteiger partial charge in [-0.05, 0) is 240 Å². The average molecular weight is 1150 g/mol. The quantitative estimate of drug-likeness (QED) is 0.159. The van der Waals surface area contributed by atoms with Gasteiger partial charge in [0, 0.05) is 54.7 Å². The van der Waals surface area contributed by atoms with Gasteiger partial charge < -0.3 is 14.7 Å². The van der Waals surface area contributed by atoms with Crippen LogP contribution in [0.15, 0.2) is 127 Å². The largest absolute Gasteiger partial charge is 0.311 e. The van der Waals surface area contributed by atoms with Crippen LogP contribution in [0, 0.1) is 0 Å². The fourth-order valence-electron chi connectivity index (χ4n) is 16.6. The van der Waals surface area contributed by atoms with Crippen molar-refractivity contribution >= 4 is 95.0 Å². The normalized spacial score (nSPS) is 21.8. The van der Waals surface area contributed by atoms with E-state index < -0.39 is 6.04 Å². The maximum atomic E-state index is 9.92. The van der Waals surface area contributed by atoms with Crippen molar-refractivity contribution in [3.63, 3.8) is 0 Å². The molecule has 0 bridgehead atoms. The summed E-state index contributed by atoms with van der Waals surface area (Å²) in [7, 11) is 0. The number of nitrogens with zero attached hydrogens (tertiary/aromatic N) is 3. The van der Waals surface area contributed by atoms with Gasteiger partial charge in [-0.1, -0.05) is 180 Å². The molecule has 8 aromatic rings. The van der Waals surface area contributed by atoms with Crippen molar-refractivity contribution in [2.75, 3.05) is 14.7 Å². The molecule has 85 heavy (non-hydrogen) atoms. The van der Waals surface area contributed by atoms with Crippen LogP contribution in [-0.4, -0.2) is 6.71 Å². The summed E-state index contributed by atoms with van der Waals surface area (Å²) in [6.45, 7) is 45.5. The van der Waals surface area contributed by atoms with E-state index in [1.807, 2.05) is 16.2 Å². The lowest BCUT2D eigenvalue weighted by molar-refractivity contribution is 0.332.